The monoisotopic (exact) mass is 372 g/mol. The summed E-state index contributed by atoms with van der Waals surface area (Å²) in [6.45, 7) is 9.17. The minimum atomic E-state index is 0.0380. The maximum Gasteiger partial charge on any atom is 0.260 e. The number of amides is 1. The summed E-state index contributed by atoms with van der Waals surface area (Å²) >= 11 is 6.07. The summed E-state index contributed by atoms with van der Waals surface area (Å²) in [5.74, 6) is 0.868. The Hall–Kier alpha value is -2.20. The molecule has 1 heterocycles. The molecule has 2 aromatic rings. The Morgan fingerprint density at radius 1 is 1.04 bits per heavy atom. The van der Waals surface area contributed by atoms with Gasteiger partial charge >= 0.3 is 0 Å². The van der Waals surface area contributed by atoms with Gasteiger partial charge in [0.05, 0.1) is 0 Å². The molecule has 0 atom stereocenters. The Balaban J connectivity index is 1.55. The highest BCUT2D eigenvalue weighted by Gasteiger charge is 2.22. The van der Waals surface area contributed by atoms with Crippen LogP contribution >= 0.6 is 11.6 Å². The van der Waals surface area contributed by atoms with E-state index in [-0.39, 0.29) is 12.5 Å². The van der Waals surface area contributed by atoms with E-state index in [1.54, 1.807) is 0 Å². The SMILES string of the molecule is Cc1ccc(C)c(OCC(=O)N2CCN(c3cccc(Cl)c3)CC2)c1C. The first-order valence-corrected chi connectivity index (χ1v) is 9.31. The number of nitrogens with zero attached hydrogens (tertiary/aromatic N) is 2. The lowest BCUT2D eigenvalue weighted by molar-refractivity contribution is -0.133. The van der Waals surface area contributed by atoms with Crippen LogP contribution in [0.15, 0.2) is 36.4 Å². The van der Waals surface area contributed by atoms with Gasteiger partial charge in [0, 0.05) is 36.9 Å². The molecule has 5 heteroatoms. The lowest BCUT2D eigenvalue weighted by Gasteiger charge is -2.36. The van der Waals surface area contributed by atoms with Crippen molar-refractivity contribution in [3.8, 4) is 5.75 Å². The molecule has 1 saturated heterocycles. The van der Waals surface area contributed by atoms with Gasteiger partial charge in [0.15, 0.2) is 6.61 Å². The van der Waals surface area contributed by atoms with Crippen molar-refractivity contribution in [1.82, 2.24) is 4.90 Å². The Bertz CT molecular complexity index is 799. The molecule has 0 N–H and O–H groups in total. The molecule has 4 nitrogen and oxygen atoms in total. The van der Waals surface area contributed by atoms with Crippen LogP contribution in [0.5, 0.6) is 5.75 Å². The zero-order valence-corrected chi connectivity index (χ0v) is 16.3. The van der Waals surface area contributed by atoms with Crippen molar-refractivity contribution in [1.29, 1.82) is 0 Å². The van der Waals surface area contributed by atoms with Crippen molar-refractivity contribution in [2.24, 2.45) is 0 Å². The minimum Gasteiger partial charge on any atom is -0.483 e. The van der Waals surface area contributed by atoms with E-state index < -0.39 is 0 Å². The van der Waals surface area contributed by atoms with Gasteiger partial charge in [-0.25, -0.2) is 0 Å². The van der Waals surface area contributed by atoms with Crippen LogP contribution in [0.1, 0.15) is 16.7 Å². The first-order chi connectivity index (χ1) is 12.5. The maximum atomic E-state index is 12.5. The van der Waals surface area contributed by atoms with Crippen LogP contribution in [0.25, 0.3) is 0 Å². The fraction of sp³-hybridized carbons (Fsp3) is 0.381. The molecular weight excluding hydrogens is 348 g/mol. The summed E-state index contributed by atoms with van der Waals surface area (Å²) in [4.78, 5) is 16.7. The number of aryl methyl sites for hydroxylation is 2. The first kappa shape index (κ1) is 18.6. The van der Waals surface area contributed by atoms with Crippen molar-refractivity contribution in [3.05, 3.63) is 58.1 Å². The Morgan fingerprint density at radius 3 is 2.42 bits per heavy atom. The number of hydrogen-bond acceptors (Lipinski definition) is 3. The number of benzene rings is 2. The van der Waals surface area contributed by atoms with Gasteiger partial charge in [0.1, 0.15) is 5.75 Å². The number of halogens is 1. The fourth-order valence-electron chi connectivity index (χ4n) is 3.26. The highest BCUT2D eigenvalue weighted by molar-refractivity contribution is 6.30. The lowest BCUT2D eigenvalue weighted by atomic mass is 10.1. The van der Waals surface area contributed by atoms with E-state index in [4.69, 9.17) is 16.3 Å². The lowest BCUT2D eigenvalue weighted by Crippen LogP contribution is -2.50. The van der Waals surface area contributed by atoms with Crippen LogP contribution in [0.3, 0.4) is 0 Å². The second kappa shape index (κ2) is 8.00. The highest BCUT2D eigenvalue weighted by atomic mass is 35.5. The Kier molecular flexibility index (Phi) is 5.72. The van der Waals surface area contributed by atoms with E-state index in [9.17, 15) is 4.79 Å². The predicted octanol–water partition coefficient (Wildman–Crippen LogP) is 3.99. The smallest absolute Gasteiger partial charge is 0.260 e. The number of ether oxygens (including phenoxy) is 1. The molecule has 0 unspecified atom stereocenters. The van der Waals surface area contributed by atoms with Crippen LogP contribution in [0.2, 0.25) is 5.02 Å². The summed E-state index contributed by atoms with van der Waals surface area (Å²) in [6.07, 6.45) is 0. The van der Waals surface area contributed by atoms with Crippen molar-refractivity contribution in [3.63, 3.8) is 0 Å². The van der Waals surface area contributed by atoms with Crippen molar-refractivity contribution in [2.45, 2.75) is 20.8 Å². The van der Waals surface area contributed by atoms with E-state index in [1.165, 1.54) is 5.56 Å². The van der Waals surface area contributed by atoms with Gasteiger partial charge in [0.2, 0.25) is 0 Å². The second-order valence-electron chi connectivity index (χ2n) is 6.79. The molecule has 1 amide bonds. The molecule has 0 bridgehead atoms. The van der Waals surface area contributed by atoms with Crippen molar-refractivity contribution in [2.75, 3.05) is 37.7 Å². The first-order valence-electron chi connectivity index (χ1n) is 8.93. The average Bonchev–Trinajstić information content (AvgIpc) is 2.65. The number of rotatable bonds is 4. The number of anilines is 1. The van der Waals surface area contributed by atoms with E-state index in [2.05, 4.69) is 24.0 Å². The molecule has 0 saturated carbocycles. The van der Waals surface area contributed by atoms with Crippen molar-refractivity contribution >= 4 is 23.2 Å². The normalized spacial score (nSPS) is 14.5. The standard InChI is InChI=1S/C21H25ClN2O2/c1-15-7-8-16(2)21(17(15)3)26-14-20(25)24-11-9-23(10-12-24)19-6-4-5-18(22)13-19/h4-8,13H,9-12,14H2,1-3H3. The molecule has 1 aliphatic heterocycles. The predicted molar refractivity (Wildman–Crippen MR) is 106 cm³/mol. The summed E-state index contributed by atoms with van der Waals surface area (Å²) in [5, 5.41) is 0.735. The third kappa shape index (κ3) is 4.13. The third-order valence-corrected chi connectivity index (χ3v) is 5.25. The molecule has 1 aliphatic rings. The van der Waals surface area contributed by atoms with Gasteiger partial charge in [-0.05, 0) is 55.7 Å². The van der Waals surface area contributed by atoms with Gasteiger partial charge in [-0.15, -0.1) is 0 Å². The van der Waals surface area contributed by atoms with Crippen LogP contribution in [-0.4, -0.2) is 43.6 Å². The van der Waals surface area contributed by atoms with Gasteiger partial charge in [0.25, 0.3) is 5.91 Å². The molecule has 3 rings (SSSR count). The molecular formula is C21H25ClN2O2. The number of hydrogen-bond donors (Lipinski definition) is 0. The minimum absolute atomic E-state index is 0.0380. The Morgan fingerprint density at radius 2 is 1.73 bits per heavy atom. The summed E-state index contributed by atoms with van der Waals surface area (Å²) < 4.78 is 5.87. The number of piperazine rings is 1. The third-order valence-electron chi connectivity index (χ3n) is 5.02. The summed E-state index contributed by atoms with van der Waals surface area (Å²) in [5.41, 5.74) is 4.44. The molecule has 0 aromatic heterocycles. The Labute approximate surface area is 160 Å². The van der Waals surface area contributed by atoms with E-state index in [0.29, 0.717) is 13.1 Å². The maximum absolute atomic E-state index is 12.5. The number of carbonyl (C=O) groups is 1. The van der Waals surface area contributed by atoms with Crippen molar-refractivity contribution < 1.29 is 9.53 Å². The average molecular weight is 373 g/mol. The second-order valence-corrected chi connectivity index (χ2v) is 7.23. The van der Waals surface area contributed by atoms with Crippen LogP contribution in [0, 0.1) is 20.8 Å². The molecule has 2 aromatic carbocycles. The highest BCUT2D eigenvalue weighted by Crippen LogP contribution is 2.26. The van der Waals surface area contributed by atoms with Gasteiger partial charge < -0.3 is 14.5 Å². The molecule has 26 heavy (non-hydrogen) atoms. The van der Waals surface area contributed by atoms with Crippen LogP contribution < -0.4 is 9.64 Å². The van der Waals surface area contributed by atoms with Crippen LogP contribution in [-0.2, 0) is 4.79 Å². The quantitative estimate of drug-likeness (QED) is 0.813. The zero-order valence-electron chi connectivity index (χ0n) is 15.6. The molecule has 0 radical (unpaired) electrons. The van der Waals surface area contributed by atoms with E-state index in [0.717, 1.165) is 40.7 Å². The number of carbonyl (C=O) groups excluding carboxylic acids is 1. The van der Waals surface area contributed by atoms with Gasteiger partial charge in [-0.1, -0.05) is 29.8 Å². The van der Waals surface area contributed by atoms with Gasteiger partial charge in [-0.3, -0.25) is 4.79 Å². The summed E-state index contributed by atoms with van der Waals surface area (Å²) in [7, 11) is 0. The van der Waals surface area contributed by atoms with E-state index in [1.807, 2.05) is 43.0 Å². The largest absolute Gasteiger partial charge is 0.483 e. The fourth-order valence-corrected chi connectivity index (χ4v) is 3.44. The molecule has 0 aliphatic carbocycles. The van der Waals surface area contributed by atoms with Crippen LogP contribution in [0.4, 0.5) is 5.69 Å². The van der Waals surface area contributed by atoms with E-state index >= 15 is 0 Å². The molecule has 1 fully saturated rings. The molecule has 138 valence electrons. The summed E-state index contributed by atoms with van der Waals surface area (Å²) in [6, 6.07) is 12.0. The molecule has 0 spiro atoms. The zero-order chi connectivity index (χ0) is 18.7. The van der Waals surface area contributed by atoms with Gasteiger partial charge in [-0.2, -0.15) is 0 Å². The topological polar surface area (TPSA) is 32.8 Å².